The Balaban J connectivity index is 1.84. The van der Waals surface area contributed by atoms with Crippen LogP contribution in [0.25, 0.3) is 11.1 Å². The molecule has 1 aliphatic heterocycles. The first-order valence-electron chi connectivity index (χ1n) is 7.79. The molecule has 2 nitrogen and oxygen atoms in total. The molecule has 116 valence electrons. The Bertz CT molecular complexity index is 854. The number of aromatic nitrogens is 2. The van der Waals surface area contributed by atoms with E-state index in [-0.39, 0.29) is 0 Å². The third-order valence-corrected chi connectivity index (χ3v) is 5.28. The van der Waals surface area contributed by atoms with E-state index < -0.39 is 0 Å². The van der Waals surface area contributed by atoms with E-state index in [0.717, 1.165) is 18.4 Å². The van der Waals surface area contributed by atoms with Crippen molar-refractivity contribution in [1.29, 1.82) is 0 Å². The zero-order chi connectivity index (χ0) is 15.8. The number of aryl methyl sites for hydroxylation is 1. The molecular weight excluding hydrogens is 327 g/mol. The van der Waals surface area contributed by atoms with Gasteiger partial charge < -0.3 is 4.57 Å². The van der Waals surface area contributed by atoms with E-state index in [2.05, 4.69) is 33.8 Å². The molecule has 4 rings (SSSR count). The SMILES string of the molecule is Clc1ccc(-c2ccccc2C2CCCc3cncn32)cc1Cl. The number of hydrogen-bond acceptors (Lipinski definition) is 1. The van der Waals surface area contributed by atoms with Gasteiger partial charge in [-0.15, -0.1) is 0 Å². The zero-order valence-electron chi connectivity index (χ0n) is 12.5. The minimum absolute atomic E-state index is 0.326. The predicted octanol–water partition coefficient (Wildman–Crippen LogP) is 5.78. The van der Waals surface area contributed by atoms with Gasteiger partial charge in [-0.3, -0.25) is 0 Å². The summed E-state index contributed by atoms with van der Waals surface area (Å²) in [5, 5.41) is 1.17. The number of fused-ring (bicyclic) bond motifs is 1. The summed E-state index contributed by atoms with van der Waals surface area (Å²) in [6, 6.07) is 14.7. The second-order valence-corrected chi connectivity index (χ2v) is 6.73. The Hall–Kier alpha value is -1.77. The predicted molar refractivity (Wildman–Crippen MR) is 95.2 cm³/mol. The third-order valence-electron chi connectivity index (χ3n) is 4.54. The highest BCUT2D eigenvalue weighted by molar-refractivity contribution is 6.42. The Kier molecular flexibility index (Phi) is 3.88. The molecule has 0 fully saturated rings. The lowest BCUT2D eigenvalue weighted by Crippen LogP contribution is -2.18. The molecule has 3 aromatic rings. The summed E-state index contributed by atoms with van der Waals surface area (Å²) in [5.74, 6) is 0. The van der Waals surface area contributed by atoms with Crippen molar-refractivity contribution in [3.63, 3.8) is 0 Å². The lowest BCUT2D eigenvalue weighted by molar-refractivity contribution is 0.458. The number of imidazole rings is 1. The van der Waals surface area contributed by atoms with E-state index in [0.29, 0.717) is 16.1 Å². The van der Waals surface area contributed by atoms with Crippen LogP contribution in [0, 0.1) is 0 Å². The second-order valence-electron chi connectivity index (χ2n) is 5.92. The molecule has 1 unspecified atom stereocenters. The summed E-state index contributed by atoms with van der Waals surface area (Å²) in [6.45, 7) is 0. The van der Waals surface area contributed by atoms with Gasteiger partial charge in [-0.05, 0) is 48.1 Å². The zero-order valence-corrected chi connectivity index (χ0v) is 14.1. The molecule has 4 heteroatoms. The van der Waals surface area contributed by atoms with Crippen molar-refractivity contribution < 1.29 is 0 Å². The minimum Gasteiger partial charge on any atom is -0.327 e. The topological polar surface area (TPSA) is 17.8 Å². The molecule has 0 saturated heterocycles. The Morgan fingerprint density at radius 3 is 2.78 bits per heavy atom. The highest BCUT2D eigenvalue weighted by Crippen LogP contribution is 2.37. The number of rotatable bonds is 2. The van der Waals surface area contributed by atoms with Crippen LogP contribution in [-0.4, -0.2) is 9.55 Å². The van der Waals surface area contributed by atoms with Gasteiger partial charge in [-0.25, -0.2) is 4.98 Å². The van der Waals surface area contributed by atoms with Gasteiger partial charge in [0, 0.05) is 11.9 Å². The fourth-order valence-corrected chi connectivity index (χ4v) is 3.74. The average molecular weight is 343 g/mol. The third kappa shape index (κ3) is 2.66. The molecule has 0 amide bonds. The first-order valence-corrected chi connectivity index (χ1v) is 8.54. The van der Waals surface area contributed by atoms with E-state index in [1.54, 1.807) is 0 Å². The first kappa shape index (κ1) is 14.8. The summed E-state index contributed by atoms with van der Waals surface area (Å²) in [5.41, 5.74) is 4.93. The van der Waals surface area contributed by atoms with Crippen LogP contribution in [0.1, 0.15) is 30.1 Å². The van der Waals surface area contributed by atoms with Crippen LogP contribution in [0.15, 0.2) is 55.0 Å². The summed E-state index contributed by atoms with van der Waals surface area (Å²) in [7, 11) is 0. The van der Waals surface area contributed by atoms with E-state index in [1.807, 2.05) is 30.7 Å². The van der Waals surface area contributed by atoms with Gasteiger partial charge in [-0.1, -0.05) is 53.5 Å². The maximum absolute atomic E-state index is 6.22. The van der Waals surface area contributed by atoms with Gasteiger partial charge in [0.15, 0.2) is 0 Å². The van der Waals surface area contributed by atoms with Gasteiger partial charge in [-0.2, -0.15) is 0 Å². The monoisotopic (exact) mass is 342 g/mol. The van der Waals surface area contributed by atoms with Crippen LogP contribution in [0.4, 0.5) is 0 Å². The summed E-state index contributed by atoms with van der Waals surface area (Å²) < 4.78 is 2.31. The molecule has 23 heavy (non-hydrogen) atoms. The smallest absolute Gasteiger partial charge is 0.0953 e. The normalized spacial score (nSPS) is 17.0. The van der Waals surface area contributed by atoms with Gasteiger partial charge in [0.25, 0.3) is 0 Å². The number of benzene rings is 2. The molecule has 0 bridgehead atoms. The molecule has 0 aliphatic carbocycles. The minimum atomic E-state index is 0.326. The van der Waals surface area contributed by atoms with E-state index in [1.165, 1.54) is 23.2 Å². The summed E-state index contributed by atoms with van der Waals surface area (Å²) >= 11 is 12.3. The van der Waals surface area contributed by atoms with Crippen molar-refractivity contribution in [3.05, 3.63) is 76.3 Å². The van der Waals surface area contributed by atoms with Crippen LogP contribution < -0.4 is 0 Å². The molecule has 0 saturated carbocycles. The average Bonchev–Trinajstić information content (AvgIpc) is 3.06. The van der Waals surface area contributed by atoms with Gasteiger partial charge in [0.1, 0.15) is 0 Å². The van der Waals surface area contributed by atoms with Crippen molar-refractivity contribution in [1.82, 2.24) is 9.55 Å². The summed E-state index contributed by atoms with van der Waals surface area (Å²) in [4.78, 5) is 4.33. The summed E-state index contributed by atoms with van der Waals surface area (Å²) in [6.07, 6.45) is 7.35. The standard InChI is InChI=1S/C19H16Cl2N2/c20-17-9-8-13(10-18(17)21)15-5-1-2-6-16(15)19-7-3-4-14-11-22-12-23(14)19/h1-2,5-6,8-12,19H,3-4,7H2. The fraction of sp³-hybridized carbons (Fsp3) is 0.211. The quantitative estimate of drug-likeness (QED) is 0.576. The molecule has 0 N–H and O–H groups in total. The maximum Gasteiger partial charge on any atom is 0.0953 e. The largest absolute Gasteiger partial charge is 0.327 e. The van der Waals surface area contributed by atoms with Crippen molar-refractivity contribution in [3.8, 4) is 11.1 Å². The number of nitrogens with zero attached hydrogens (tertiary/aromatic N) is 2. The number of hydrogen-bond donors (Lipinski definition) is 0. The highest BCUT2D eigenvalue weighted by atomic mass is 35.5. The van der Waals surface area contributed by atoms with Crippen LogP contribution in [0.2, 0.25) is 10.0 Å². The molecule has 1 aromatic heterocycles. The Labute approximate surface area is 145 Å². The molecule has 0 radical (unpaired) electrons. The molecule has 1 aliphatic rings. The Morgan fingerprint density at radius 1 is 1.04 bits per heavy atom. The molecule has 1 atom stereocenters. The molecule has 0 spiro atoms. The van der Waals surface area contributed by atoms with Crippen molar-refractivity contribution >= 4 is 23.2 Å². The van der Waals surface area contributed by atoms with Gasteiger partial charge in [0.05, 0.1) is 22.4 Å². The lowest BCUT2D eigenvalue weighted by Gasteiger charge is -2.27. The second kappa shape index (κ2) is 6.03. The molecular formula is C19H16Cl2N2. The van der Waals surface area contributed by atoms with Gasteiger partial charge in [0.2, 0.25) is 0 Å². The van der Waals surface area contributed by atoms with Crippen LogP contribution in [-0.2, 0) is 6.42 Å². The van der Waals surface area contributed by atoms with E-state index >= 15 is 0 Å². The van der Waals surface area contributed by atoms with E-state index in [9.17, 15) is 0 Å². The van der Waals surface area contributed by atoms with Crippen molar-refractivity contribution in [2.45, 2.75) is 25.3 Å². The van der Waals surface area contributed by atoms with Crippen LogP contribution in [0.5, 0.6) is 0 Å². The van der Waals surface area contributed by atoms with Crippen molar-refractivity contribution in [2.24, 2.45) is 0 Å². The lowest BCUT2D eigenvalue weighted by atomic mass is 9.90. The van der Waals surface area contributed by atoms with Crippen molar-refractivity contribution in [2.75, 3.05) is 0 Å². The Morgan fingerprint density at radius 2 is 1.91 bits per heavy atom. The highest BCUT2D eigenvalue weighted by Gasteiger charge is 2.23. The fourth-order valence-electron chi connectivity index (χ4n) is 3.44. The maximum atomic E-state index is 6.22. The van der Waals surface area contributed by atoms with E-state index in [4.69, 9.17) is 23.2 Å². The number of halogens is 2. The van der Waals surface area contributed by atoms with Crippen LogP contribution in [0.3, 0.4) is 0 Å². The van der Waals surface area contributed by atoms with Gasteiger partial charge >= 0.3 is 0 Å². The molecule has 2 aromatic carbocycles. The van der Waals surface area contributed by atoms with Crippen LogP contribution >= 0.6 is 23.2 Å². The first-order chi connectivity index (χ1) is 11.2. The molecule has 2 heterocycles.